The van der Waals surface area contributed by atoms with Crippen LogP contribution in [0.3, 0.4) is 0 Å². The Bertz CT molecular complexity index is 1480. The van der Waals surface area contributed by atoms with Crippen molar-refractivity contribution in [2.24, 2.45) is 0 Å². The van der Waals surface area contributed by atoms with Gasteiger partial charge in [0, 0.05) is 48.6 Å². The number of fused-ring (bicyclic) bond motifs is 1. The monoisotopic (exact) mass is 587 g/mol. The number of benzene rings is 3. The third kappa shape index (κ3) is 6.11. The molecule has 0 fully saturated rings. The van der Waals surface area contributed by atoms with Gasteiger partial charge in [0.1, 0.15) is 10.9 Å². The number of likely N-dealkylation sites (N-methyl/N-ethyl adjacent to an activating group) is 1. The second-order valence-electron chi connectivity index (χ2n) is 9.02. The highest BCUT2D eigenvalue weighted by Crippen LogP contribution is 2.31. The van der Waals surface area contributed by atoms with Crippen molar-refractivity contribution in [3.05, 3.63) is 99.5 Å². The standard InChI is InChI=1S/C28H27Cl2N3O5S/c1-31-27(35)24(17-19-9-3-2-4-10-19)32(18-21-22(29)12-7-13-23(21)30)26(34)15-8-16-33-28(36)20-11-5-6-14-25(20)39(33,37)38/h2-7,9-14,24H,8,15-18H2,1H3,(H,31,35)/t24-/m1/s1. The first-order valence-electron chi connectivity index (χ1n) is 12.3. The molecule has 204 valence electrons. The summed E-state index contributed by atoms with van der Waals surface area (Å²) in [6, 6.07) is 19.4. The van der Waals surface area contributed by atoms with Gasteiger partial charge in [-0.05, 0) is 36.2 Å². The molecule has 4 rings (SSSR count). The van der Waals surface area contributed by atoms with Crippen molar-refractivity contribution >= 4 is 50.9 Å². The van der Waals surface area contributed by atoms with Crippen LogP contribution in [0.15, 0.2) is 77.7 Å². The van der Waals surface area contributed by atoms with Crippen LogP contribution in [0.4, 0.5) is 0 Å². The van der Waals surface area contributed by atoms with Gasteiger partial charge in [-0.15, -0.1) is 0 Å². The Hall–Kier alpha value is -3.40. The van der Waals surface area contributed by atoms with Crippen LogP contribution in [0.1, 0.15) is 34.3 Å². The Balaban J connectivity index is 1.57. The molecule has 0 saturated carbocycles. The average molecular weight is 589 g/mol. The van der Waals surface area contributed by atoms with Crippen molar-refractivity contribution < 1.29 is 22.8 Å². The summed E-state index contributed by atoms with van der Waals surface area (Å²) < 4.78 is 26.6. The van der Waals surface area contributed by atoms with Crippen molar-refractivity contribution in [2.45, 2.75) is 36.7 Å². The fourth-order valence-corrected chi connectivity index (χ4v) is 6.67. The van der Waals surface area contributed by atoms with E-state index in [-0.39, 0.29) is 48.7 Å². The molecule has 0 bridgehead atoms. The van der Waals surface area contributed by atoms with E-state index in [1.165, 1.54) is 24.1 Å². The lowest BCUT2D eigenvalue weighted by molar-refractivity contribution is -0.141. The molecule has 1 N–H and O–H groups in total. The van der Waals surface area contributed by atoms with Crippen LogP contribution in [0.5, 0.6) is 0 Å². The van der Waals surface area contributed by atoms with Crippen molar-refractivity contribution in [1.29, 1.82) is 0 Å². The molecule has 11 heteroatoms. The van der Waals surface area contributed by atoms with Gasteiger partial charge in [0.15, 0.2) is 0 Å². The SMILES string of the molecule is CNC(=O)[C@@H](Cc1ccccc1)N(Cc1c(Cl)cccc1Cl)C(=O)CCCN1C(=O)c2ccccc2S1(=O)=O. The number of hydrogen-bond donors (Lipinski definition) is 1. The van der Waals surface area contributed by atoms with Crippen molar-refractivity contribution in [1.82, 2.24) is 14.5 Å². The highest BCUT2D eigenvalue weighted by Gasteiger charge is 2.40. The Morgan fingerprint density at radius 2 is 1.59 bits per heavy atom. The van der Waals surface area contributed by atoms with Crippen LogP contribution in [0.25, 0.3) is 0 Å². The fourth-order valence-electron chi connectivity index (χ4n) is 4.54. The smallest absolute Gasteiger partial charge is 0.269 e. The maximum absolute atomic E-state index is 13.7. The van der Waals surface area contributed by atoms with E-state index in [2.05, 4.69) is 5.32 Å². The van der Waals surface area contributed by atoms with E-state index in [0.717, 1.165) is 9.87 Å². The van der Waals surface area contributed by atoms with Crippen molar-refractivity contribution in [3.8, 4) is 0 Å². The highest BCUT2D eigenvalue weighted by molar-refractivity contribution is 7.90. The topological polar surface area (TPSA) is 104 Å². The lowest BCUT2D eigenvalue weighted by atomic mass is 10.0. The molecule has 0 aromatic heterocycles. The molecule has 0 unspecified atom stereocenters. The van der Waals surface area contributed by atoms with Gasteiger partial charge in [-0.2, -0.15) is 0 Å². The maximum Gasteiger partial charge on any atom is 0.269 e. The lowest BCUT2D eigenvalue weighted by Crippen LogP contribution is -2.50. The summed E-state index contributed by atoms with van der Waals surface area (Å²) in [7, 11) is -2.50. The molecule has 3 amide bonds. The van der Waals surface area contributed by atoms with Crippen LogP contribution in [-0.4, -0.2) is 55.0 Å². The van der Waals surface area contributed by atoms with Crippen LogP contribution in [0.2, 0.25) is 10.0 Å². The van der Waals surface area contributed by atoms with E-state index in [0.29, 0.717) is 15.6 Å². The number of carbonyl (C=O) groups is 3. The molecule has 1 aliphatic rings. The number of rotatable bonds is 10. The highest BCUT2D eigenvalue weighted by atomic mass is 35.5. The number of nitrogens with one attached hydrogen (secondary N) is 1. The summed E-state index contributed by atoms with van der Waals surface area (Å²) in [5.41, 5.74) is 1.45. The molecule has 8 nitrogen and oxygen atoms in total. The van der Waals surface area contributed by atoms with E-state index in [1.807, 2.05) is 30.3 Å². The summed E-state index contributed by atoms with van der Waals surface area (Å²) in [5, 5.41) is 3.33. The number of nitrogens with zero attached hydrogens (tertiary/aromatic N) is 2. The molecule has 0 aliphatic carbocycles. The van der Waals surface area contributed by atoms with E-state index < -0.39 is 27.9 Å². The predicted octanol–water partition coefficient (Wildman–Crippen LogP) is 4.30. The Labute approximate surface area is 237 Å². The summed E-state index contributed by atoms with van der Waals surface area (Å²) >= 11 is 12.8. The van der Waals surface area contributed by atoms with Gasteiger partial charge in [-0.25, -0.2) is 12.7 Å². The predicted molar refractivity (Wildman–Crippen MR) is 149 cm³/mol. The van der Waals surface area contributed by atoms with E-state index in [1.54, 1.807) is 30.3 Å². The number of sulfonamides is 1. The molecule has 1 atom stereocenters. The first-order valence-corrected chi connectivity index (χ1v) is 14.5. The van der Waals surface area contributed by atoms with E-state index in [9.17, 15) is 22.8 Å². The largest absolute Gasteiger partial charge is 0.357 e. The number of amides is 3. The normalized spacial score (nSPS) is 14.5. The first-order chi connectivity index (χ1) is 18.6. The zero-order valence-electron chi connectivity index (χ0n) is 21.1. The second kappa shape index (κ2) is 12.2. The first kappa shape index (κ1) is 28.6. The molecule has 1 aliphatic heterocycles. The summed E-state index contributed by atoms with van der Waals surface area (Å²) in [4.78, 5) is 40.8. The van der Waals surface area contributed by atoms with Gasteiger partial charge < -0.3 is 10.2 Å². The van der Waals surface area contributed by atoms with Gasteiger partial charge >= 0.3 is 0 Å². The van der Waals surface area contributed by atoms with E-state index >= 15 is 0 Å². The Kier molecular flexibility index (Phi) is 8.94. The third-order valence-electron chi connectivity index (χ3n) is 6.57. The van der Waals surface area contributed by atoms with Gasteiger partial charge in [0.25, 0.3) is 15.9 Å². The summed E-state index contributed by atoms with van der Waals surface area (Å²) in [5.74, 6) is -1.40. The van der Waals surface area contributed by atoms with Gasteiger partial charge in [-0.3, -0.25) is 14.4 Å². The minimum absolute atomic E-state index is 0.0331. The summed E-state index contributed by atoms with van der Waals surface area (Å²) in [6.07, 6.45) is 0.193. The minimum Gasteiger partial charge on any atom is -0.357 e. The van der Waals surface area contributed by atoms with Crippen LogP contribution in [-0.2, 0) is 32.6 Å². The van der Waals surface area contributed by atoms with Crippen LogP contribution >= 0.6 is 23.2 Å². The molecule has 3 aromatic carbocycles. The zero-order valence-corrected chi connectivity index (χ0v) is 23.5. The third-order valence-corrected chi connectivity index (χ3v) is 9.12. The molecular formula is C28H27Cl2N3O5S. The molecular weight excluding hydrogens is 561 g/mol. The zero-order chi connectivity index (χ0) is 28.2. The minimum atomic E-state index is -3.99. The van der Waals surface area contributed by atoms with Crippen molar-refractivity contribution in [2.75, 3.05) is 13.6 Å². The summed E-state index contributed by atoms with van der Waals surface area (Å²) in [6.45, 7) is -0.208. The Morgan fingerprint density at radius 1 is 0.949 bits per heavy atom. The maximum atomic E-state index is 13.7. The van der Waals surface area contributed by atoms with Crippen LogP contribution < -0.4 is 5.32 Å². The molecule has 1 heterocycles. The Morgan fingerprint density at radius 3 is 2.23 bits per heavy atom. The molecule has 0 spiro atoms. The average Bonchev–Trinajstić information content (AvgIpc) is 3.12. The fraction of sp³-hybridized carbons (Fsp3) is 0.250. The number of halogens is 2. The molecule has 0 saturated heterocycles. The lowest BCUT2D eigenvalue weighted by Gasteiger charge is -2.32. The quantitative estimate of drug-likeness (QED) is 0.381. The van der Waals surface area contributed by atoms with E-state index in [4.69, 9.17) is 23.2 Å². The second-order valence-corrected chi connectivity index (χ2v) is 11.7. The molecule has 0 radical (unpaired) electrons. The van der Waals surface area contributed by atoms with Crippen molar-refractivity contribution in [3.63, 3.8) is 0 Å². The van der Waals surface area contributed by atoms with Gasteiger partial charge in [0.05, 0.1) is 5.56 Å². The number of hydrogen-bond acceptors (Lipinski definition) is 5. The molecule has 39 heavy (non-hydrogen) atoms. The van der Waals surface area contributed by atoms with Gasteiger partial charge in [-0.1, -0.05) is 71.7 Å². The van der Waals surface area contributed by atoms with Gasteiger partial charge in [0.2, 0.25) is 11.8 Å². The van der Waals surface area contributed by atoms with Crippen LogP contribution in [0, 0.1) is 0 Å². The molecule has 3 aromatic rings. The number of carbonyl (C=O) groups excluding carboxylic acids is 3.